The summed E-state index contributed by atoms with van der Waals surface area (Å²) in [5, 5.41) is 10.2. The van der Waals surface area contributed by atoms with E-state index >= 15 is 0 Å². The summed E-state index contributed by atoms with van der Waals surface area (Å²) in [5.41, 5.74) is 3.29. The highest BCUT2D eigenvalue weighted by molar-refractivity contribution is 7.14. The SMILES string of the molecule is CCOC(=O)c1ccc(NC(=O)Cc2csc(NC(=O)Nc3ccc(C)cc3)n2)cc1. The van der Waals surface area contributed by atoms with Crippen LogP contribution in [0.2, 0.25) is 0 Å². The maximum atomic E-state index is 12.3. The van der Waals surface area contributed by atoms with E-state index in [4.69, 9.17) is 4.74 Å². The highest BCUT2D eigenvalue weighted by Gasteiger charge is 2.11. The fourth-order valence-electron chi connectivity index (χ4n) is 2.62. The number of aryl methyl sites for hydroxylation is 1. The number of rotatable bonds is 7. The quantitative estimate of drug-likeness (QED) is 0.472. The fraction of sp³-hybridized carbons (Fsp3) is 0.182. The second-order valence-electron chi connectivity index (χ2n) is 6.61. The van der Waals surface area contributed by atoms with Gasteiger partial charge in [-0.1, -0.05) is 17.7 Å². The molecule has 0 saturated carbocycles. The van der Waals surface area contributed by atoms with E-state index in [0.717, 1.165) is 5.56 Å². The molecule has 3 rings (SSSR count). The monoisotopic (exact) mass is 438 g/mol. The van der Waals surface area contributed by atoms with Gasteiger partial charge in [-0.2, -0.15) is 0 Å². The molecule has 0 bridgehead atoms. The summed E-state index contributed by atoms with van der Waals surface area (Å²) in [5.74, 6) is -0.667. The number of esters is 1. The zero-order valence-corrected chi connectivity index (χ0v) is 17.9. The van der Waals surface area contributed by atoms with Crippen molar-refractivity contribution in [2.24, 2.45) is 0 Å². The normalized spacial score (nSPS) is 10.3. The molecule has 9 heteroatoms. The number of aromatic nitrogens is 1. The fourth-order valence-corrected chi connectivity index (χ4v) is 3.32. The van der Waals surface area contributed by atoms with Gasteiger partial charge in [-0.05, 0) is 50.2 Å². The van der Waals surface area contributed by atoms with Crippen molar-refractivity contribution in [1.82, 2.24) is 4.98 Å². The Morgan fingerprint density at radius 3 is 2.26 bits per heavy atom. The Morgan fingerprint density at radius 2 is 1.58 bits per heavy atom. The first-order chi connectivity index (χ1) is 14.9. The molecule has 31 heavy (non-hydrogen) atoms. The minimum atomic E-state index is -0.408. The lowest BCUT2D eigenvalue weighted by atomic mass is 10.2. The van der Waals surface area contributed by atoms with E-state index in [-0.39, 0.29) is 12.3 Å². The third-order valence-electron chi connectivity index (χ3n) is 4.10. The number of hydrogen-bond acceptors (Lipinski definition) is 6. The molecule has 0 atom stereocenters. The highest BCUT2D eigenvalue weighted by atomic mass is 32.1. The molecule has 0 unspecified atom stereocenters. The number of urea groups is 1. The van der Waals surface area contributed by atoms with Crippen LogP contribution in [0, 0.1) is 6.92 Å². The number of amides is 3. The second kappa shape index (κ2) is 10.4. The van der Waals surface area contributed by atoms with Crippen LogP contribution >= 0.6 is 11.3 Å². The Hall–Kier alpha value is -3.72. The van der Waals surface area contributed by atoms with E-state index in [1.54, 1.807) is 36.6 Å². The Bertz CT molecular complexity index is 1060. The van der Waals surface area contributed by atoms with Crippen molar-refractivity contribution < 1.29 is 19.1 Å². The molecule has 2 aromatic carbocycles. The molecular weight excluding hydrogens is 416 g/mol. The summed E-state index contributed by atoms with van der Waals surface area (Å²) in [6.07, 6.45) is 0.0530. The number of carbonyl (C=O) groups is 3. The van der Waals surface area contributed by atoms with E-state index in [1.807, 2.05) is 31.2 Å². The number of benzene rings is 2. The van der Waals surface area contributed by atoms with E-state index in [9.17, 15) is 14.4 Å². The molecule has 160 valence electrons. The maximum Gasteiger partial charge on any atom is 0.338 e. The second-order valence-corrected chi connectivity index (χ2v) is 7.47. The first-order valence-electron chi connectivity index (χ1n) is 9.59. The summed E-state index contributed by atoms with van der Waals surface area (Å²) in [4.78, 5) is 40.3. The number of thiazole rings is 1. The largest absolute Gasteiger partial charge is 0.462 e. The molecule has 1 aromatic heterocycles. The third kappa shape index (κ3) is 6.65. The molecule has 0 aliphatic carbocycles. The number of nitrogens with one attached hydrogen (secondary N) is 3. The third-order valence-corrected chi connectivity index (χ3v) is 4.91. The van der Waals surface area contributed by atoms with Gasteiger partial charge in [0.1, 0.15) is 0 Å². The number of hydrogen-bond donors (Lipinski definition) is 3. The van der Waals surface area contributed by atoms with Crippen LogP contribution in [-0.2, 0) is 16.0 Å². The van der Waals surface area contributed by atoms with Crippen LogP contribution in [-0.4, -0.2) is 29.5 Å². The zero-order valence-electron chi connectivity index (χ0n) is 17.1. The van der Waals surface area contributed by atoms with Gasteiger partial charge in [0.2, 0.25) is 5.91 Å². The topological polar surface area (TPSA) is 109 Å². The molecule has 0 fully saturated rings. The van der Waals surface area contributed by atoms with E-state index in [2.05, 4.69) is 20.9 Å². The average Bonchev–Trinajstić information content (AvgIpc) is 3.16. The maximum absolute atomic E-state index is 12.3. The van der Waals surface area contributed by atoms with Crippen LogP contribution in [0.4, 0.5) is 21.3 Å². The predicted octanol–water partition coefficient (Wildman–Crippen LogP) is 4.45. The van der Waals surface area contributed by atoms with Crippen molar-refractivity contribution in [2.45, 2.75) is 20.3 Å². The van der Waals surface area contributed by atoms with Gasteiger partial charge in [-0.3, -0.25) is 10.1 Å². The molecule has 8 nitrogen and oxygen atoms in total. The van der Waals surface area contributed by atoms with Gasteiger partial charge in [0.05, 0.1) is 24.3 Å². The first-order valence-corrected chi connectivity index (χ1v) is 10.5. The van der Waals surface area contributed by atoms with Crippen LogP contribution < -0.4 is 16.0 Å². The van der Waals surface area contributed by atoms with Crippen molar-refractivity contribution in [2.75, 3.05) is 22.6 Å². The van der Waals surface area contributed by atoms with Crippen molar-refractivity contribution >= 4 is 45.8 Å². The molecule has 0 spiro atoms. The van der Waals surface area contributed by atoms with Gasteiger partial charge in [0.15, 0.2) is 5.13 Å². The standard InChI is InChI=1S/C22H22N4O4S/c1-3-30-20(28)15-6-10-16(11-7-15)23-19(27)12-18-13-31-22(25-18)26-21(29)24-17-8-4-14(2)5-9-17/h4-11,13H,3,12H2,1-2H3,(H,23,27)(H2,24,25,26,29). The lowest BCUT2D eigenvalue weighted by Crippen LogP contribution is -2.19. The van der Waals surface area contributed by atoms with Crippen molar-refractivity contribution in [3.05, 3.63) is 70.7 Å². The van der Waals surface area contributed by atoms with E-state index < -0.39 is 12.0 Å². The summed E-state index contributed by atoms with van der Waals surface area (Å²) in [7, 11) is 0. The Balaban J connectivity index is 1.49. The van der Waals surface area contributed by atoms with Gasteiger partial charge >= 0.3 is 12.0 Å². The smallest absolute Gasteiger partial charge is 0.338 e. The molecule has 0 radical (unpaired) electrons. The number of nitrogens with zero attached hydrogens (tertiary/aromatic N) is 1. The summed E-state index contributed by atoms with van der Waals surface area (Å²) < 4.78 is 4.93. The van der Waals surface area contributed by atoms with Crippen LogP contribution in [0.1, 0.15) is 28.5 Å². The molecule has 3 amide bonds. The Morgan fingerprint density at radius 1 is 0.935 bits per heavy atom. The van der Waals surface area contributed by atoms with Crippen molar-refractivity contribution in [1.29, 1.82) is 0 Å². The average molecular weight is 439 g/mol. The zero-order chi connectivity index (χ0) is 22.2. The van der Waals surface area contributed by atoms with Crippen molar-refractivity contribution in [3.63, 3.8) is 0 Å². The minimum absolute atomic E-state index is 0.0530. The summed E-state index contributed by atoms with van der Waals surface area (Å²) in [6, 6.07) is 13.5. The molecule has 3 aromatic rings. The molecule has 1 heterocycles. The number of anilines is 3. The number of ether oxygens (including phenoxy) is 1. The van der Waals surface area contributed by atoms with Gasteiger partial charge in [-0.15, -0.1) is 11.3 Å². The summed E-state index contributed by atoms with van der Waals surface area (Å²) >= 11 is 1.23. The van der Waals surface area contributed by atoms with E-state index in [0.29, 0.717) is 34.4 Å². The first kappa shape index (κ1) is 22.0. The van der Waals surface area contributed by atoms with Gasteiger partial charge in [0, 0.05) is 16.8 Å². The van der Waals surface area contributed by atoms with Gasteiger partial charge < -0.3 is 15.4 Å². The van der Waals surface area contributed by atoms with Crippen LogP contribution in [0.3, 0.4) is 0 Å². The predicted molar refractivity (Wildman–Crippen MR) is 121 cm³/mol. The molecule has 0 aliphatic heterocycles. The van der Waals surface area contributed by atoms with Crippen LogP contribution in [0.25, 0.3) is 0 Å². The molecule has 3 N–H and O–H groups in total. The van der Waals surface area contributed by atoms with Crippen LogP contribution in [0.5, 0.6) is 0 Å². The van der Waals surface area contributed by atoms with Gasteiger partial charge in [0.25, 0.3) is 0 Å². The van der Waals surface area contributed by atoms with E-state index in [1.165, 1.54) is 11.3 Å². The summed E-state index contributed by atoms with van der Waals surface area (Å²) in [6.45, 7) is 4.01. The van der Waals surface area contributed by atoms with Crippen molar-refractivity contribution in [3.8, 4) is 0 Å². The Kier molecular flexibility index (Phi) is 7.34. The molecular formula is C22H22N4O4S. The van der Waals surface area contributed by atoms with Crippen LogP contribution in [0.15, 0.2) is 53.9 Å². The Labute approximate surface area is 183 Å². The molecule has 0 saturated heterocycles. The highest BCUT2D eigenvalue weighted by Crippen LogP contribution is 2.18. The minimum Gasteiger partial charge on any atom is -0.462 e. The number of carbonyl (C=O) groups excluding carboxylic acids is 3. The lowest BCUT2D eigenvalue weighted by molar-refractivity contribution is -0.115. The van der Waals surface area contributed by atoms with Gasteiger partial charge in [-0.25, -0.2) is 14.6 Å². The molecule has 0 aliphatic rings. The lowest BCUT2D eigenvalue weighted by Gasteiger charge is -2.06.